The molecule has 0 amide bonds. The molecule has 1 aliphatic carbocycles. The second-order valence-electron chi connectivity index (χ2n) is 2.90. The summed E-state index contributed by atoms with van der Waals surface area (Å²) in [6.45, 7) is 0. The van der Waals surface area contributed by atoms with Crippen molar-refractivity contribution in [3.8, 4) is 0 Å². The minimum Gasteiger partial charge on any atom is -0.387 e. The third-order valence-electron chi connectivity index (χ3n) is 2.05. The van der Waals surface area contributed by atoms with E-state index in [-0.39, 0.29) is 0 Å². The third kappa shape index (κ3) is 1.32. The normalized spacial score (nSPS) is 55.5. The lowest BCUT2D eigenvalue weighted by Crippen LogP contribution is -2.62. The Morgan fingerprint density at radius 3 is 1.17 bits per heavy atom. The Labute approximate surface area is 67.7 Å². The molecule has 0 bridgehead atoms. The smallest absolute Gasteiger partial charge is 0.157 e. The highest BCUT2D eigenvalue weighted by molar-refractivity contribution is 4.98. The quantitative estimate of drug-likeness (QED) is 0.277. The van der Waals surface area contributed by atoms with Crippen molar-refractivity contribution >= 4 is 0 Å². The number of aliphatic hydroxyl groups is 5. The number of rotatable bonds is 0. The fourth-order valence-corrected chi connectivity index (χ4v) is 1.18. The van der Waals surface area contributed by atoms with Gasteiger partial charge in [0.1, 0.15) is 30.5 Å². The highest BCUT2D eigenvalue weighted by Gasteiger charge is 2.48. The standard InChI is InChI=1S/C6H11FO5/c7-1-2(8)4(10)6(12)5(11)3(1)9/h1-6,8-12H/t1?,2-,3-,4-,5+,6?/m0/s1. The number of aliphatic hydroxyl groups excluding tert-OH is 5. The Bertz CT molecular complexity index is 107. The molecule has 0 heterocycles. The summed E-state index contributed by atoms with van der Waals surface area (Å²) in [5.74, 6) is 0. The molecule has 2 unspecified atom stereocenters. The van der Waals surface area contributed by atoms with Crippen LogP contribution >= 0.6 is 0 Å². The van der Waals surface area contributed by atoms with Gasteiger partial charge < -0.3 is 25.5 Å². The molecule has 6 atom stereocenters. The van der Waals surface area contributed by atoms with E-state index in [0.29, 0.717) is 0 Å². The van der Waals surface area contributed by atoms with Crippen molar-refractivity contribution in [1.29, 1.82) is 0 Å². The molecule has 0 aromatic rings. The molecule has 12 heavy (non-hydrogen) atoms. The first-order valence-electron chi connectivity index (χ1n) is 3.51. The van der Waals surface area contributed by atoms with E-state index >= 15 is 0 Å². The first kappa shape index (κ1) is 9.82. The number of hydrogen-bond acceptors (Lipinski definition) is 5. The Balaban J connectivity index is 2.76. The van der Waals surface area contributed by atoms with Gasteiger partial charge in [-0.15, -0.1) is 0 Å². The van der Waals surface area contributed by atoms with Gasteiger partial charge in [-0.3, -0.25) is 0 Å². The Kier molecular flexibility index (Phi) is 2.64. The zero-order valence-electron chi connectivity index (χ0n) is 6.08. The first-order chi connectivity index (χ1) is 5.46. The second kappa shape index (κ2) is 3.23. The van der Waals surface area contributed by atoms with Crippen molar-refractivity contribution < 1.29 is 29.9 Å². The van der Waals surface area contributed by atoms with E-state index < -0.39 is 36.7 Å². The zero-order chi connectivity index (χ0) is 9.46. The molecule has 1 rings (SSSR count). The van der Waals surface area contributed by atoms with Gasteiger partial charge >= 0.3 is 0 Å². The van der Waals surface area contributed by atoms with Crippen LogP contribution in [0.1, 0.15) is 0 Å². The summed E-state index contributed by atoms with van der Waals surface area (Å²) in [5.41, 5.74) is 0. The van der Waals surface area contributed by atoms with Crippen LogP contribution in [-0.2, 0) is 0 Å². The summed E-state index contributed by atoms with van der Waals surface area (Å²) in [4.78, 5) is 0. The molecular formula is C6H11FO5. The number of alkyl halides is 1. The van der Waals surface area contributed by atoms with Crippen molar-refractivity contribution in [3.63, 3.8) is 0 Å². The summed E-state index contributed by atoms with van der Waals surface area (Å²) in [5, 5.41) is 44.4. The van der Waals surface area contributed by atoms with Crippen LogP contribution in [0.2, 0.25) is 0 Å². The molecular weight excluding hydrogens is 171 g/mol. The Hall–Kier alpha value is -0.270. The highest BCUT2D eigenvalue weighted by Crippen LogP contribution is 2.23. The predicted octanol–water partition coefficient (Wildman–Crippen LogP) is -2.86. The summed E-state index contributed by atoms with van der Waals surface area (Å²) < 4.78 is 12.7. The summed E-state index contributed by atoms with van der Waals surface area (Å²) in [7, 11) is 0. The molecule has 0 spiro atoms. The summed E-state index contributed by atoms with van der Waals surface area (Å²) in [6.07, 6.45) is -11.1. The Morgan fingerprint density at radius 2 is 0.833 bits per heavy atom. The summed E-state index contributed by atoms with van der Waals surface area (Å²) >= 11 is 0. The van der Waals surface area contributed by atoms with Gasteiger partial charge in [-0.2, -0.15) is 0 Å². The molecule has 1 saturated carbocycles. The van der Waals surface area contributed by atoms with Crippen LogP contribution in [0.5, 0.6) is 0 Å². The largest absolute Gasteiger partial charge is 0.387 e. The van der Waals surface area contributed by atoms with Gasteiger partial charge in [0.05, 0.1) is 0 Å². The monoisotopic (exact) mass is 182 g/mol. The van der Waals surface area contributed by atoms with E-state index in [9.17, 15) is 4.39 Å². The van der Waals surface area contributed by atoms with Gasteiger partial charge in [-0.25, -0.2) is 4.39 Å². The maximum Gasteiger partial charge on any atom is 0.157 e. The van der Waals surface area contributed by atoms with E-state index in [0.717, 1.165) is 0 Å². The van der Waals surface area contributed by atoms with E-state index in [2.05, 4.69) is 0 Å². The van der Waals surface area contributed by atoms with Gasteiger partial charge in [-0.1, -0.05) is 0 Å². The number of halogens is 1. The van der Waals surface area contributed by atoms with Crippen LogP contribution < -0.4 is 0 Å². The molecule has 6 heteroatoms. The van der Waals surface area contributed by atoms with Crippen LogP contribution in [0.25, 0.3) is 0 Å². The van der Waals surface area contributed by atoms with E-state index in [4.69, 9.17) is 25.5 Å². The van der Waals surface area contributed by atoms with Gasteiger partial charge in [0, 0.05) is 0 Å². The van der Waals surface area contributed by atoms with Crippen LogP contribution in [0.15, 0.2) is 0 Å². The lowest BCUT2D eigenvalue weighted by molar-refractivity contribution is -0.206. The van der Waals surface area contributed by atoms with E-state index in [1.807, 2.05) is 0 Å². The predicted molar refractivity (Wildman–Crippen MR) is 34.9 cm³/mol. The van der Waals surface area contributed by atoms with E-state index in [1.165, 1.54) is 0 Å². The average molecular weight is 182 g/mol. The topological polar surface area (TPSA) is 101 Å². The minimum absolute atomic E-state index is 1.72. The Morgan fingerprint density at radius 1 is 0.583 bits per heavy atom. The van der Waals surface area contributed by atoms with Crippen molar-refractivity contribution in [2.24, 2.45) is 0 Å². The number of hydrogen-bond donors (Lipinski definition) is 5. The SMILES string of the molecule is OC1[C@@H](O)[C@@H](O)C(F)[C@H](O)[C@H]1O. The maximum absolute atomic E-state index is 12.7. The van der Waals surface area contributed by atoms with E-state index in [1.54, 1.807) is 0 Å². The molecule has 72 valence electrons. The van der Waals surface area contributed by atoms with Crippen LogP contribution in [0.4, 0.5) is 4.39 Å². The lowest BCUT2D eigenvalue weighted by Gasteiger charge is -2.38. The molecule has 5 nitrogen and oxygen atoms in total. The molecule has 1 aliphatic rings. The molecule has 5 N–H and O–H groups in total. The maximum atomic E-state index is 12.7. The average Bonchev–Trinajstić information content (AvgIpc) is 2.08. The molecule has 0 aromatic heterocycles. The minimum atomic E-state index is -2.14. The van der Waals surface area contributed by atoms with Gasteiger partial charge in [0.15, 0.2) is 6.17 Å². The fraction of sp³-hybridized carbons (Fsp3) is 1.00. The van der Waals surface area contributed by atoms with Gasteiger partial charge in [-0.05, 0) is 0 Å². The van der Waals surface area contributed by atoms with Crippen LogP contribution in [-0.4, -0.2) is 62.2 Å². The van der Waals surface area contributed by atoms with Gasteiger partial charge in [0.25, 0.3) is 0 Å². The molecule has 1 fully saturated rings. The molecule has 0 aromatic carbocycles. The third-order valence-corrected chi connectivity index (χ3v) is 2.05. The lowest BCUT2D eigenvalue weighted by atomic mass is 9.86. The second-order valence-corrected chi connectivity index (χ2v) is 2.90. The molecule has 0 aliphatic heterocycles. The van der Waals surface area contributed by atoms with Crippen molar-refractivity contribution in [2.45, 2.75) is 36.7 Å². The first-order valence-corrected chi connectivity index (χ1v) is 3.51. The van der Waals surface area contributed by atoms with Crippen molar-refractivity contribution in [1.82, 2.24) is 0 Å². The van der Waals surface area contributed by atoms with Crippen LogP contribution in [0.3, 0.4) is 0 Å². The highest BCUT2D eigenvalue weighted by atomic mass is 19.1. The molecule has 0 saturated heterocycles. The van der Waals surface area contributed by atoms with Crippen molar-refractivity contribution in [2.75, 3.05) is 0 Å². The zero-order valence-corrected chi connectivity index (χ0v) is 6.08. The van der Waals surface area contributed by atoms with Crippen molar-refractivity contribution in [3.05, 3.63) is 0 Å². The fourth-order valence-electron chi connectivity index (χ4n) is 1.18. The summed E-state index contributed by atoms with van der Waals surface area (Å²) in [6, 6.07) is 0. The van der Waals surface area contributed by atoms with Gasteiger partial charge in [0.2, 0.25) is 0 Å². The molecule has 0 radical (unpaired) electrons. The van der Waals surface area contributed by atoms with Crippen LogP contribution in [0, 0.1) is 0 Å².